The maximum absolute atomic E-state index is 12.8. The van der Waals surface area contributed by atoms with E-state index in [1.165, 1.54) is 7.11 Å². The number of halogens is 1. The maximum atomic E-state index is 12.8. The number of nitrogens with zero attached hydrogens (tertiary/aromatic N) is 2. The van der Waals surface area contributed by atoms with Crippen LogP contribution >= 0.6 is 16.1 Å². The molecule has 0 unspecified atom stereocenters. The minimum Gasteiger partial charge on any atom is -0.453 e. The van der Waals surface area contributed by atoms with E-state index < -0.39 is 17.6 Å². The first-order chi connectivity index (χ1) is 9.72. The van der Waals surface area contributed by atoms with E-state index in [-0.39, 0.29) is 11.9 Å². The fraction of sp³-hybridized carbons (Fsp3) is 0.769. The van der Waals surface area contributed by atoms with Crippen molar-refractivity contribution in [3.8, 4) is 0 Å². The third kappa shape index (κ3) is 4.33. The number of carbonyl (C=O) groups is 2. The Morgan fingerprint density at radius 2 is 2.10 bits per heavy atom. The van der Waals surface area contributed by atoms with Gasteiger partial charge in [0, 0.05) is 6.54 Å². The average Bonchev–Trinajstić information content (AvgIpc) is 2.90. The molecule has 1 fully saturated rings. The number of methoxy groups -OCH3 is 1. The molecule has 1 aliphatic heterocycles. The highest BCUT2D eigenvalue weighted by molar-refractivity contribution is 9.08. The standard InChI is InChI=1S/C13H23BrN4O3/c1-13(2,3)9(16-12(20)21-4)11(19)18-7-5-6-8(18)10(15)17-14/h8-9H,5-7H2,1-4H3,(H2,15,17)(H,16,20)/t8-,9+/m0/s1. The summed E-state index contributed by atoms with van der Waals surface area (Å²) in [6.45, 7) is 6.26. The predicted molar refractivity (Wildman–Crippen MR) is 84.1 cm³/mol. The molecule has 1 rings (SSSR count). The van der Waals surface area contributed by atoms with Crippen LogP contribution in [0.25, 0.3) is 0 Å². The number of amidine groups is 1. The molecule has 0 bridgehead atoms. The highest BCUT2D eigenvalue weighted by Crippen LogP contribution is 2.26. The molecule has 0 aromatic heterocycles. The van der Waals surface area contributed by atoms with Crippen molar-refractivity contribution in [1.29, 1.82) is 0 Å². The molecule has 2 atom stereocenters. The number of amides is 2. The van der Waals surface area contributed by atoms with Gasteiger partial charge in [-0.2, -0.15) is 4.02 Å². The van der Waals surface area contributed by atoms with Gasteiger partial charge in [0.25, 0.3) is 0 Å². The van der Waals surface area contributed by atoms with E-state index in [4.69, 9.17) is 5.73 Å². The molecule has 120 valence electrons. The maximum Gasteiger partial charge on any atom is 0.407 e. The van der Waals surface area contributed by atoms with E-state index in [1.807, 2.05) is 20.8 Å². The Bertz CT molecular complexity index is 434. The number of likely N-dealkylation sites (tertiary alicyclic amines) is 1. The molecule has 0 aromatic rings. The largest absolute Gasteiger partial charge is 0.453 e. The van der Waals surface area contributed by atoms with Crippen molar-refractivity contribution in [1.82, 2.24) is 10.2 Å². The van der Waals surface area contributed by atoms with Crippen molar-refractivity contribution in [2.75, 3.05) is 13.7 Å². The Morgan fingerprint density at radius 3 is 2.57 bits per heavy atom. The molecule has 0 aromatic carbocycles. The van der Waals surface area contributed by atoms with Gasteiger partial charge in [-0.3, -0.25) is 4.79 Å². The van der Waals surface area contributed by atoms with Gasteiger partial charge in [0.2, 0.25) is 5.91 Å². The van der Waals surface area contributed by atoms with Gasteiger partial charge in [-0.15, -0.1) is 0 Å². The van der Waals surface area contributed by atoms with Crippen LogP contribution in [0.15, 0.2) is 4.02 Å². The van der Waals surface area contributed by atoms with Crippen LogP contribution in [0.1, 0.15) is 33.6 Å². The first kappa shape index (κ1) is 17.7. The Hall–Kier alpha value is -1.31. The lowest BCUT2D eigenvalue weighted by molar-refractivity contribution is -0.135. The summed E-state index contributed by atoms with van der Waals surface area (Å²) in [4.78, 5) is 26.0. The zero-order valence-corrected chi connectivity index (χ0v) is 14.4. The SMILES string of the molecule is COC(=O)N[C@H](C(=O)N1CCC[C@H]1/C(N)=N/Br)C(C)(C)C. The lowest BCUT2D eigenvalue weighted by atomic mass is 9.85. The van der Waals surface area contributed by atoms with Crippen LogP contribution in [-0.2, 0) is 9.53 Å². The van der Waals surface area contributed by atoms with Gasteiger partial charge in [0.1, 0.15) is 11.9 Å². The van der Waals surface area contributed by atoms with Crippen molar-refractivity contribution in [2.24, 2.45) is 15.2 Å². The van der Waals surface area contributed by atoms with Crippen LogP contribution in [0.3, 0.4) is 0 Å². The summed E-state index contributed by atoms with van der Waals surface area (Å²) in [7, 11) is 1.27. The van der Waals surface area contributed by atoms with Gasteiger partial charge in [-0.05, 0) is 18.3 Å². The van der Waals surface area contributed by atoms with Crippen LogP contribution in [0.4, 0.5) is 4.79 Å². The van der Waals surface area contributed by atoms with Crippen molar-refractivity contribution in [3.63, 3.8) is 0 Å². The minimum absolute atomic E-state index is 0.172. The summed E-state index contributed by atoms with van der Waals surface area (Å²) in [5.41, 5.74) is 5.39. The summed E-state index contributed by atoms with van der Waals surface area (Å²) in [6.07, 6.45) is 0.998. The van der Waals surface area contributed by atoms with Crippen LogP contribution in [0.5, 0.6) is 0 Å². The third-order valence-corrected chi connectivity index (χ3v) is 3.94. The second kappa shape index (κ2) is 7.11. The zero-order chi connectivity index (χ0) is 16.2. The van der Waals surface area contributed by atoms with Gasteiger partial charge in [0.15, 0.2) is 0 Å². The van der Waals surface area contributed by atoms with Crippen LogP contribution in [0, 0.1) is 5.41 Å². The van der Waals surface area contributed by atoms with Gasteiger partial charge in [-0.1, -0.05) is 20.8 Å². The van der Waals surface area contributed by atoms with Crippen molar-refractivity contribution in [3.05, 3.63) is 0 Å². The third-order valence-electron chi connectivity index (χ3n) is 3.54. The van der Waals surface area contributed by atoms with E-state index in [0.29, 0.717) is 12.4 Å². The summed E-state index contributed by atoms with van der Waals surface area (Å²) < 4.78 is 8.41. The van der Waals surface area contributed by atoms with E-state index in [0.717, 1.165) is 12.8 Å². The summed E-state index contributed by atoms with van der Waals surface area (Å²) in [5, 5.41) is 2.62. The van der Waals surface area contributed by atoms with Crippen LogP contribution < -0.4 is 11.1 Å². The number of hydrogen-bond acceptors (Lipinski definition) is 4. The first-order valence-corrected chi connectivity index (χ1v) is 7.52. The molecule has 1 saturated heterocycles. The molecule has 3 N–H and O–H groups in total. The Labute approximate surface area is 133 Å². The molecule has 1 heterocycles. The normalized spacial score (nSPS) is 21.1. The van der Waals surface area contributed by atoms with Gasteiger partial charge >= 0.3 is 6.09 Å². The molecule has 0 saturated carbocycles. The van der Waals surface area contributed by atoms with Crippen molar-refractivity contribution in [2.45, 2.75) is 45.7 Å². The number of alkyl carbamates (subject to hydrolysis) is 1. The molecule has 2 amide bonds. The summed E-state index contributed by atoms with van der Waals surface area (Å²) in [5.74, 6) is 0.195. The number of hydrogen-bond donors (Lipinski definition) is 2. The minimum atomic E-state index is -0.686. The van der Waals surface area contributed by atoms with Crippen molar-refractivity contribution < 1.29 is 14.3 Å². The fourth-order valence-corrected chi connectivity index (χ4v) is 2.62. The molecular formula is C13H23BrN4O3. The fourth-order valence-electron chi connectivity index (χ4n) is 2.39. The number of carbonyl (C=O) groups excluding carboxylic acids is 2. The first-order valence-electron chi connectivity index (χ1n) is 6.81. The highest BCUT2D eigenvalue weighted by atomic mass is 79.9. The molecule has 7 nitrogen and oxygen atoms in total. The van der Waals surface area contributed by atoms with E-state index in [1.54, 1.807) is 4.90 Å². The average molecular weight is 363 g/mol. The second-order valence-electron chi connectivity index (χ2n) is 6.13. The van der Waals surface area contributed by atoms with Gasteiger partial charge < -0.3 is 20.7 Å². The molecule has 1 aliphatic rings. The molecule has 0 radical (unpaired) electrons. The zero-order valence-electron chi connectivity index (χ0n) is 12.9. The van der Waals surface area contributed by atoms with Gasteiger partial charge in [-0.25, -0.2) is 4.79 Å². The van der Waals surface area contributed by atoms with E-state index in [9.17, 15) is 9.59 Å². The molecule has 21 heavy (non-hydrogen) atoms. The van der Waals surface area contributed by atoms with E-state index >= 15 is 0 Å². The van der Waals surface area contributed by atoms with E-state index in [2.05, 4.69) is 30.2 Å². The Balaban J connectivity index is 2.97. The smallest absolute Gasteiger partial charge is 0.407 e. The number of nitrogens with one attached hydrogen (secondary N) is 1. The summed E-state index contributed by atoms with van der Waals surface area (Å²) in [6, 6.07) is -0.921. The number of nitrogens with two attached hydrogens (primary N) is 1. The second-order valence-corrected chi connectivity index (χ2v) is 6.49. The number of ether oxygens (including phenoxy) is 1. The van der Waals surface area contributed by atoms with Crippen LogP contribution in [0.2, 0.25) is 0 Å². The summed E-state index contributed by atoms with van der Waals surface area (Å²) >= 11 is 2.96. The molecule has 8 heteroatoms. The molecule has 0 spiro atoms. The number of rotatable bonds is 3. The van der Waals surface area contributed by atoms with Crippen molar-refractivity contribution >= 4 is 34.0 Å². The Kier molecular flexibility index (Phi) is 6.00. The Morgan fingerprint density at radius 1 is 1.48 bits per heavy atom. The van der Waals surface area contributed by atoms with Gasteiger partial charge in [0.05, 0.1) is 29.3 Å². The lowest BCUT2D eigenvalue weighted by Crippen LogP contribution is -2.57. The quantitative estimate of drug-likeness (QED) is 0.585. The molecular weight excluding hydrogens is 340 g/mol. The molecule has 0 aliphatic carbocycles. The lowest BCUT2D eigenvalue weighted by Gasteiger charge is -2.35. The highest BCUT2D eigenvalue weighted by Gasteiger charge is 2.40. The monoisotopic (exact) mass is 362 g/mol. The predicted octanol–water partition coefficient (Wildman–Crippen LogP) is 1.42. The topological polar surface area (TPSA) is 97.0 Å². The van der Waals surface area contributed by atoms with Crippen LogP contribution in [-0.4, -0.2) is 48.5 Å².